The van der Waals surface area contributed by atoms with E-state index in [4.69, 9.17) is 4.74 Å². The van der Waals surface area contributed by atoms with E-state index in [0.29, 0.717) is 5.92 Å². The average molecular weight is 191 g/mol. The lowest BCUT2D eigenvalue weighted by Gasteiger charge is -2.30. The maximum absolute atomic E-state index is 5.73. The molecule has 0 aliphatic heterocycles. The molecule has 14 heavy (non-hydrogen) atoms. The van der Waals surface area contributed by atoms with E-state index in [0.717, 1.165) is 12.1 Å². The molecule has 0 radical (unpaired) electrons. The number of methoxy groups -OCH3 is 1. The summed E-state index contributed by atoms with van der Waals surface area (Å²) in [5, 5.41) is 0. The molecule has 76 valence electrons. The molecule has 0 bridgehead atoms. The Balaban J connectivity index is 2.34. The maximum Gasteiger partial charge on any atom is 0.112 e. The van der Waals surface area contributed by atoms with E-state index in [1.165, 1.54) is 12.8 Å². The quantitative estimate of drug-likeness (QED) is 0.730. The van der Waals surface area contributed by atoms with Crippen molar-refractivity contribution in [3.05, 3.63) is 30.1 Å². The summed E-state index contributed by atoms with van der Waals surface area (Å²) < 4.78 is 5.73. The van der Waals surface area contributed by atoms with Crippen LogP contribution in [0.25, 0.3) is 0 Å². The summed E-state index contributed by atoms with van der Waals surface area (Å²) in [6.07, 6.45) is 5.41. The molecule has 0 N–H and O–H groups in total. The molecular weight excluding hydrogens is 174 g/mol. The zero-order valence-corrected chi connectivity index (χ0v) is 8.86. The first-order chi connectivity index (χ1) is 6.83. The molecular formula is C12H17NO. The topological polar surface area (TPSA) is 22.1 Å². The van der Waals surface area contributed by atoms with Crippen LogP contribution in [0.15, 0.2) is 24.4 Å². The van der Waals surface area contributed by atoms with Gasteiger partial charge in [-0.25, -0.2) is 0 Å². The zero-order chi connectivity index (χ0) is 10.0. The molecule has 1 heterocycles. The lowest BCUT2D eigenvalue weighted by Crippen LogP contribution is -2.31. The molecule has 0 amide bonds. The Hall–Kier alpha value is -0.890. The highest BCUT2D eigenvalue weighted by molar-refractivity contribution is 5.17. The Morgan fingerprint density at radius 2 is 2.29 bits per heavy atom. The Kier molecular flexibility index (Phi) is 2.55. The molecule has 1 saturated carbocycles. The molecule has 2 rings (SSSR count). The third kappa shape index (κ3) is 1.44. The van der Waals surface area contributed by atoms with Gasteiger partial charge in [-0.15, -0.1) is 0 Å². The number of ether oxygens (including phenoxy) is 1. The number of hydrogen-bond acceptors (Lipinski definition) is 2. The van der Waals surface area contributed by atoms with Gasteiger partial charge < -0.3 is 4.74 Å². The maximum atomic E-state index is 5.73. The lowest BCUT2D eigenvalue weighted by atomic mass is 9.90. The van der Waals surface area contributed by atoms with Crippen molar-refractivity contribution >= 4 is 0 Å². The van der Waals surface area contributed by atoms with E-state index in [1.54, 1.807) is 7.11 Å². The number of rotatable bonds is 4. The minimum atomic E-state index is -0.124. The number of pyridine rings is 1. The molecule has 1 atom stereocenters. The van der Waals surface area contributed by atoms with Crippen LogP contribution in [0.3, 0.4) is 0 Å². The van der Waals surface area contributed by atoms with Gasteiger partial charge in [-0.2, -0.15) is 0 Å². The van der Waals surface area contributed by atoms with Gasteiger partial charge in [0, 0.05) is 13.3 Å². The molecule has 1 unspecified atom stereocenters. The highest BCUT2D eigenvalue weighted by atomic mass is 16.5. The fourth-order valence-electron chi connectivity index (χ4n) is 2.26. The summed E-state index contributed by atoms with van der Waals surface area (Å²) in [7, 11) is 1.80. The van der Waals surface area contributed by atoms with Gasteiger partial charge in [0.25, 0.3) is 0 Å². The number of nitrogens with zero attached hydrogens (tertiary/aromatic N) is 1. The SMILES string of the molecule is CCC(OC)(c1ccccn1)C1CC1. The summed E-state index contributed by atoms with van der Waals surface area (Å²) in [6.45, 7) is 2.18. The van der Waals surface area contributed by atoms with E-state index in [-0.39, 0.29) is 5.60 Å². The first-order valence-corrected chi connectivity index (χ1v) is 5.30. The summed E-state index contributed by atoms with van der Waals surface area (Å²) in [4.78, 5) is 4.43. The van der Waals surface area contributed by atoms with Crippen LogP contribution in [-0.2, 0) is 10.3 Å². The van der Waals surface area contributed by atoms with Gasteiger partial charge in [0.05, 0.1) is 5.69 Å². The van der Waals surface area contributed by atoms with Crippen molar-refractivity contribution in [1.29, 1.82) is 0 Å². The van der Waals surface area contributed by atoms with Crippen LogP contribution in [-0.4, -0.2) is 12.1 Å². The first kappa shape index (κ1) is 9.66. The molecule has 1 aliphatic rings. The van der Waals surface area contributed by atoms with Crippen LogP contribution < -0.4 is 0 Å². The molecule has 0 spiro atoms. The van der Waals surface area contributed by atoms with E-state index in [9.17, 15) is 0 Å². The van der Waals surface area contributed by atoms with E-state index >= 15 is 0 Å². The second-order valence-electron chi connectivity index (χ2n) is 3.94. The molecule has 1 aliphatic carbocycles. The van der Waals surface area contributed by atoms with Gasteiger partial charge in [-0.05, 0) is 37.3 Å². The summed E-state index contributed by atoms with van der Waals surface area (Å²) in [6, 6.07) is 6.06. The van der Waals surface area contributed by atoms with Crippen LogP contribution in [0, 0.1) is 5.92 Å². The van der Waals surface area contributed by atoms with Crippen molar-refractivity contribution in [3.8, 4) is 0 Å². The second-order valence-corrected chi connectivity index (χ2v) is 3.94. The van der Waals surface area contributed by atoms with Crippen molar-refractivity contribution in [2.45, 2.75) is 31.8 Å². The average Bonchev–Trinajstić information content (AvgIpc) is 3.07. The van der Waals surface area contributed by atoms with Crippen LogP contribution >= 0.6 is 0 Å². The van der Waals surface area contributed by atoms with Gasteiger partial charge in [-0.3, -0.25) is 4.98 Å². The zero-order valence-electron chi connectivity index (χ0n) is 8.86. The largest absolute Gasteiger partial charge is 0.372 e. The fraction of sp³-hybridized carbons (Fsp3) is 0.583. The monoisotopic (exact) mass is 191 g/mol. The summed E-state index contributed by atoms with van der Waals surface area (Å²) in [5.41, 5.74) is 0.967. The Bertz CT molecular complexity index is 288. The highest BCUT2D eigenvalue weighted by Crippen LogP contribution is 2.49. The standard InChI is InChI=1S/C12H17NO/c1-3-12(14-2,10-7-8-10)11-6-4-5-9-13-11/h4-6,9-10H,3,7-8H2,1-2H3. The molecule has 1 aromatic rings. The van der Waals surface area contributed by atoms with Crippen molar-refractivity contribution in [1.82, 2.24) is 4.98 Å². The van der Waals surface area contributed by atoms with E-state index in [2.05, 4.69) is 18.0 Å². The predicted octanol–water partition coefficient (Wildman–Crippen LogP) is 2.74. The lowest BCUT2D eigenvalue weighted by molar-refractivity contribution is -0.0416. The smallest absolute Gasteiger partial charge is 0.112 e. The van der Waals surface area contributed by atoms with Crippen molar-refractivity contribution < 1.29 is 4.74 Å². The Morgan fingerprint density at radius 3 is 2.71 bits per heavy atom. The third-order valence-corrected chi connectivity index (χ3v) is 3.22. The molecule has 1 fully saturated rings. The molecule has 2 nitrogen and oxygen atoms in total. The Morgan fingerprint density at radius 1 is 1.50 bits per heavy atom. The van der Waals surface area contributed by atoms with Crippen LogP contribution in [0.1, 0.15) is 31.9 Å². The highest BCUT2D eigenvalue weighted by Gasteiger charge is 2.46. The van der Waals surface area contributed by atoms with Gasteiger partial charge in [0.1, 0.15) is 5.60 Å². The van der Waals surface area contributed by atoms with Crippen LogP contribution in [0.5, 0.6) is 0 Å². The molecule has 1 aromatic heterocycles. The second kappa shape index (κ2) is 3.70. The minimum absolute atomic E-state index is 0.124. The summed E-state index contributed by atoms with van der Waals surface area (Å²) >= 11 is 0. The summed E-state index contributed by atoms with van der Waals surface area (Å²) in [5.74, 6) is 0.674. The van der Waals surface area contributed by atoms with Gasteiger partial charge in [-0.1, -0.05) is 13.0 Å². The van der Waals surface area contributed by atoms with Crippen LogP contribution in [0.4, 0.5) is 0 Å². The van der Waals surface area contributed by atoms with Gasteiger partial charge in [0.15, 0.2) is 0 Å². The van der Waals surface area contributed by atoms with Crippen molar-refractivity contribution in [2.24, 2.45) is 5.92 Å². The van der Waals surface area contributed by atoms with E-state index < -0.39 is 0 Å². The third-order valence-electron chi connectivity index (χ3n) is 3.22. The minimum Gasteiger partial charge on any atom is -0.372 e. The first-order valence-electron chi connectivity index (χ1n) is 5.30. The fourth-order valence-corrected chi connectivity index (χ4v) is 2.26. The normalized spacial score (nSPS) is 20.4. The van der Waals surface area contributed by atoms with E-state index in [1.807, 2.05) is 18.3 Å². The van der Waals surface area contributed by atoms with Gasteiger partial charge >= 0.3 is 0 Å². The van der Waals surface area contributed by atoms with Crippen molar-refractivity contribution in [3.63, 3.8) is 0 Å². The number of aromatic nitrogens is 1. The van der Waals surface area contributed by atoms with Gasteiger partial charge in [0.2, 0.25) is 0 Å². The predicted molar refractivity (Wildman–Crippen MR) is 55.9 cm³/mol. The number of hydrogen-bond donors (Lipinski definition) is 0. The molecule has 0 saturated heterocycles. The molecule has 0 aromatic carbocycles. The van der Waals surface area contributed by atoms with Crippen LogP contribution in [0.2, 0.25) is 0 Å². The van der Waals surface area contributed by atoms with Crippen molar-refractivity contribution in [2.75, 3.05) is 7.11 Å². The molecule has 2 heteroatoms. The Labute approximate surface area is 85.3 Å².